The molecule has 0 atom stereocenters. The third-order valence-electron chi connectivity index (χ3n) is 10.2. The van der Waals surface area contributed by atoms with E-state index in [1.54, 1.807) is 82.6 Å². The van der Waals surface area contributed by atoms with Gasteiger partial charge in [0.25, 0.3) is 0 Å². The van der Waals surface area contributed by atoms with E-state index >= 15 is 0 Å². The van der Waals surface area contributed by atoms with Crippen LogP contribution >= 0.6 is 0 Å². The van der Waals surface area contributed by atoms with Crippen LogP contribution in [0.25, 0.3) is 0 Å². The van der Waals surface area contributed by atoms with Crippen molar-refractivity contribution in [3.8, 4) is 46.0 Å². The summed E-state index contributed by atoms with van der Waals surface area (Å²) in [6.45, 7) is 27.1. The molecule has 0 saturated heterocycles. The van der Waals surface area contributed by atoms with E-state index < -0.39 is 34.5 Å². The summed E-state index contributed by atoms with van der Waals surface area (Å²) >= 11 is 0. The van der Waals surface area contributed by atoms with Crippen LogP contribution in [-0.2, 0) is 31.5 Å². The van der Waals surface area contributed by atoms with Crippen molar-refractivity contribution >= 4 is 59.2 Å². The number of phenolic OH excluding ortho intramolecular Hbond substituents is 2. The largest absolute Gasteiger partial charge is 2.00 e. The summed E-state index contributed by atoms with van der Waals surface area (Å²) in [4.78, 5) is 39.2. The Hall–Kier alpha value is -6.40. The van der Waals surface area contributed by atoms with Crippen molar-refractivity contribution in [1.82, 2.24) is 0 Å². The molecule has 0 radical (unpaired) electrons. The topological polar surface area (TPSA) is 385 Å². The molecule has 0 fully saturated rings. The summed E-state index contributed by atoms with van der Waals surface area (Å²) in [5, 5.41) is 88.9. The molecule has 6 aromatic rings. The number of Topliss-reactive ketones (excluding diaryl/α,β-unsaturated/α-hetero) is 2. The molecule has 0 aliphatic rings. The maximum atomic E-state index is 11.8. The van der Waals surface area contributed by atoms with Crippen LogP contribution in [0.4, 0.5) is 22.7 Å². The summed E-state index contributed by atoms with van der Waals surface area (Å²) in [6, 6.07) is 31.0. The van der Waals surface area contributed by atoms with Crippen molar-refractivity contribution in [2.45, 2.75) is 69.2 Å². The molecular weight excluding hydrogens is 1480 g/mol. The van der Waals surface area contributed by atoms with E-state index in [0.717, 1.165) is 0 Å². The van der Waals surface area contributed by atoms with Crippen molar-refractivity contribution in [2.24, 2.45) is 20.0 Å². The second-order valence-corrected chi connectivity index (χ2v) is 16.2. The zero-order valence-electron chi connectivity index (χ0n) is 46.7. The van der Waals surface area contributed by atoms with Gasteiger partial charge in [-0.2, -0.15) is 0 Å². The van der Waals surface area contributed by atoms with Crippen LogP contribution < -0.4 is 40.4 Å². The quantitative estimate of drug-likeness (QED) is 0.108. The van der Waals surface area contributed by atoms with Gasteiger partial charge in [0.2, 0.25) is 0 Å². The number of carbonyl (C=O) groups excluding carboxylic acids is 2. The first kappa shape index (κ1) is 84.9. The predicted molar refractivity (Wildman–Crippen MR) is 288 cm³/mol. The van der Waals surface area contributed by atoms with Crippen LogP contribution in [0.5, 0.6) is 46.0 Å². The Bertz CT molecular complexity index is 2410. The van der Waals surface area contributed by atoms with E-state index in [1.165, 1.54) is 140 Å². The standard InChI is InChI=1S/2C20H16N2O4.2C6H15N.2C3H6O.4O.2U/c2*23-17-9-3-5-13(19(17)25)11-21-15-7-1-2-8-16(15)22-12-14-6-4-10-18(24)20(14)26;2*1-4-7(5-2)6-3;2*1-3(2)4;;;;;;/h2*1-12,23-26H;2*4-6H2,1-3H3;2*1-2H3;;;;;;/q;;;;;;4*-2;;/p-4. The summed E-state index contributed by atoms with van der Waals surface area (Å²) in [7, 11) is 0. The molecule has 6 aromatic carbocycles. The molecule has 4 N–H and O–H groups in total. The van der Waals surface area contributed by atoms with Crippen molar-refractivity contribution in [1.29, 1.82) is 0 Å². The molecule has 80 heavy (non-hydrogen) atoms. The van der Waals surface area contributed by atoms with Gasteiger partial charge in [-0.25, -0.2) is 0 Å². The van der Waals surface area contributed by atoms with Crippen LogP contribution in [0.1, 0.15) is 91.5 Å². The maximum absolute atomic E-state index is 11.8. The molecule has 0 amide bonds. The zero-order valence-corrected chi connectivity index (χ0v) is 55.0. The van der Waals surface area contributed by atoms with Gasteiger partial charge in [0.15, 0.2) is 0 Å². The number of para-hydroxylation sites is 8. The number of nitrogens with zero attached hydrogens (tertiary/aromatic N) is 4. The molecule has 0 bridgehead atoms. The van der Waals surface area contributed by atoms with Gasteiger partial charge in [0.05, 0.1) is 62.0 Å². The van der Waals surface area contributed by atoms with Crippen LogP contribution in [0.3, 0.4) is 0 Å². The minimum Gasteiger partial charge on any atom is -2.00 e. The monoisotopic (exact) mass is 1550 g/mol. The molecule has 0 heterocycles. The molecule has 0 unspecified atom stereocenters. The van der Waals surface area contributed by atoms with Gasteiger partial charge in [-0.3, -0.25) is 20.0 Å². The molecule has 22 heteroatoms. The number of nitrogens with one attached hydrogen (secondary N) is 2. The Kier molecular flexibility index (Phi) is 51.5. The van der Waals surface area contributed by atoms with Crippen LogP contribution in [0, 0.1) is 62.2 Å². The number of hydrogen-bond donors (Lipinski definition) is 4. The number of hydrogen-bond acceptors (Lipinski definition) is 14. The van der Waals surface area contributed by atoms with Crippen molar-refractivity contribution in [2.75, 3.05) is 39.3 Å². The number of aliphatic imine (C=N–C) groups is 4. The van der Waals surface area contributed by atoms with Crippen LogP contribution in [0.2, 0.25) is 0 Å². The molecule has 0 aliphatic carbocycles. The molecule has 0 spiro atoms. The Morgan fingerprint density at radius 2 is 0.575 bits per heavy atom. The number of quaternary nitrogens is 2. The Labute approximate surface area is 517 Å². The number of rotatable bonds is 14. The SMILES string of the molecule is CC(C)=O.CC(C)=O.CC[NH+](CC)CC.CC[NH+](CC)CC.[O-2].[O-2].[O-2].[O-2].[O-]c1cccc(C=Nc2ccccc2N=Cc2cccc(O)c2[O-])c1[O-].[O-]c1cccc(C=Nc2ccccc2N=Cc2cccc(O)c2[O-])c1[O-].[U].[U]. The molecule has 0 aromatic heterocycles. The van der Waals surface area contributed by atoms with Gasteiger partial charge in [-0.05, 0) is 128 Å². The summed E-state index contributed by atoms with van der Waals surface area (Å²) < 4.78 is 0. The first-order chi connectivity index (χ1) is 35.3. The van der Waals surface area contributed by atoms with E-state index in [4.69, 9.17) is 0 Å². The van der Waals surface area contributed by atoms with Gasteiger partial charge in [-0.1, -0.05) is 96.4 Å². The fourth-order valence-electron chi connectivity index (χ4n) is 5.98. The second kappa shape index (κ2) is 48.5. The number of aromatic hydroxyl groups is 2. The molecule has 20 nitrogen and oxygen atoms in total. The summed E-state index contributed by atoms with van der Waals surface area (Å²) in [6.07, 6.45) is 5.30. The van der Waals surface area contributed by atoms with Gasteiger partial charge in [0, 0.05) is 87.1 Å². The van der Waals surface area contributed by atoms with Crippen LogP contribution in [0.15, 0.2) is 141 Å². The fraction of sp³-hybridized carbons (Fsp3) is 0.276. The maximum Gasteiger partial charge on any atom is 0.126 e. The Balaban J connectivity index is -0.000000237. The summed E-state index contributed by atoms with van der Waals surface area (Å²) in [5.74, 6) is -3.80. The Morgan fingerprint density at radius 1 is 0.375 bits per heavy atom. The zero-order chi connectivity index (χ0) is 55.6. The predicted octanol–water partition coefficient (Wildman–Crippen LogP) is 4.81. The number of carbonyl (C=O) groups is 2. The average Bonchev–Trinajstić information content (AvgIpc) is 3.37. The minimum atomic E-state index is -0.618. The van der Waals surface area contributed by atoms with Gasteiger partial charge < -0.3 is 82.1 Å². The number of benzene rings is 6. The Morgan fingerprint density at radius 3 is 0.775 bits per heavy atom. The molecule has 0 aliphatic heterocycles. The molecular formula is C58H70N6O14U2-12. The van der Waals surface area contributed by atoms with Gasteiger partial charge in [0.1, 0.15) is 23.1 Å². The smallest absolute Gasteiger partial charge is 0.126 e. The van der Waals surface area contributed by atoms with E-state index in [2.05, 4.69) is 61.5 Å². The number of ketones is 2. The summed E-state index contributed by atoms with van der Waals surface area (Å²) in [5.41, 5.74) is 2.72. The first-order valence-electron chi connectivity index (χ1n) is 24.2. The first-order valence-corrected chi connectivity index (χ1v) is 24.2. The van der Waals surface area contributed by atoms with E-state index in [-0.39, 0.29) is 129 Å². The van der Waals surface area contributed by atoms with Crippen LogP contribution in [-0.4, -0.2) is 85.9 Å². The van der Waals surface area contributed by atoms with Gasteiger partial charge in [-0.15, -0.1) is 23.0 Å². The third kappa shape index (κ3) is 33.3. The normalized spacial score (nSPS) is 9.85. The fourth-order valence-corrected chi connectivity index (χ4v) is 5.98. The van der Waals surface area contributed by atoms with E-state index in [9.17, 15) is 50.4 Å². The molecule has 6 rings (SSSR count). The van der Waals surface area contributed by atoms with Gasteiger partial charge >= 0.3 is 0 Å². The van der Waals surface area contributed by atoms with E-state index in [1.807, 2.05) is 0 Å². The minimum absolute atomic E-state index is 0. The number of phenols is 2. The average molecular weight is 1550 g/mol. The molecule has 0 saturated carbocycles. The second-order valence-electron chi connectivity index (χ2n) is 16.2. The van der Waals surface area contributed by atoms with Crippen molar-refractivity contribution in [3.63, 3.8) is 0 Å². The van der Waals surface area contributed by atoms with Crippen molar-refractivity contribution in [3.05, 3.63) is 144 Å². The van der Waals surface area contributed by atoms with E-state index in [0.29, 0.717) is 22.7 Å². The van der Waals surface area contributed by atoms with Crippen molar-refractivity contribution < 1.29 is 144 Å². The third-order valence-corrected chi connectivity index (χ3v) is 10.2. The molecule has 436 valence electrons.